The van der Waals surface area contributed by atoms with E-state index < -0.39 is 5.41 Å². The zero-order valence-electron chi connectivity index (χ0n) is 16.8. The van der Waals surface area contributed by atoms with Crippen LogP contribution in [0.3, 0.4) is 0 Å². The van der Waals surface area contributed by atoms with Crippen LogP contribution in [0.15, 0.2) is 48.5 Å². The maximum atomic E-state index is 14.5. The van der Waals surface area contributed by atoms with Gasteiger partial charge in [-0.05, 0) is 69.1 Å². The van der Waals surface area contributed by atoms with Gasteiger partial charge in [-0.3, -0.25) is 9.69 Å². The van der Waals surface area contributed by atoms with Gasteiger partial charge in [0.15, 0.2) is 0 Å². The highest BCUT2D eigenvalue weighted by Crippen LogP contribution is 2.43. The van der Waals surface area contributed by atoms with Gasteiger partial charge in [0.25, 0.3) is 0 Å². The molecule has 4 nitrogen and oxygen atoms in total. The average molecular weight is 397 g/mol. The van der Waals surface area contributed by atoms with Crippen molar-refractivity contribution in [1.82, 2.24) is 4.90 Å². The number of amides is 1. The summed E-state index contributed by atoms with van der Waals surface area (Å²) in [6, 6.07) is 14.1. The molecule has 1 aliphatic carbocycles. The minimum absolute atomic E-state index is 0.122. The van der Waals surface area contributed by atoms with Gasteiger partial charge in [0.2, 0.25) is 5.91 Å². The molecule has 4 rings (SSSR count). The molecular formula is C24H29FN2O2. The van der Waals surface area contributed by atoms with Crippen LogP contribution in [0.25, 0.3) is 0 Å². The molecule has 1 aliphatic heterocycles. The summed E-state index contributed by atoms with van der Waals surface area (Å²) < 4.78 is 20.3. The van der Waals surface area contributed by atoms with Crippen LogP contribution >= 0.6 is 0 Å². The van der Waals surface area contributed by atoms with Gasteiger partial charge in [-0.25, -0.2) is 4.39 Å². The maximum Gasteiger partial charge on any atom is 0.235 e. The van der Waals surface area contributed by atoms with Gasteiger partial charge in [-0.1, -0.05) is 31.0 Å². The van der Waals surface area contributed by atoms with Crippen LogP contribution in [0.5, 0.6) is 5.75 Å². The smallest absolute Gasteiger partial charge is 0.235 e. The lowest BCUT2D eigenvalue weighted by molar-refractivity contribution is -0.121. The third kappa shape index (κ3) is 4.45. The van der Waals surface area contributed by atoms with Crippen LogP contribution in [-0.2, 0) is 10.2 Å². The number of rotatable bonds is 7. The molecule has 2 fully saturated rings. The van der Waals surface area contributed by atoms with Crippen molar-refractivity contribution < 1.29 is 13.9 Å². The molecule has 5 heteroatoms. The summed E-state index contributed by atoms with van der Waals surface area (Å²) in [6.07, 6.45) is 5.79. The summed E-state index contributed by atoms with van der Waals surface area (Å²) in [4.78, 5) is 15.6. The normalized spacial score (nSPS) is 18.7. The summed E-state index contributed by atoms with van der Waals surface area (Å²) in [5, 5.41) is 3.01. The topological polar surface area (TPSA) is 41.6 Å². The maximum absolute atomic E-state index is 14.5. The second-order valence-corrected chi connectivity index (χ2v) is 8.14. The van der Waals surface area contributed by atoms with Crippen LogP contribution in [0.1, 0.15) is 44.1 Å². The fraction of sp³-hybridized carbons (Fsp3) is 0.458. The third-order valence-corrected chi connectivity index (χ3v) is 6.27. The second-order valence-electron chi connectivity index (χ2n) is 8.14. The van der Waals surface area contributed by atoms with Crippen molar-refractivity contribution in [2.45, 2.75) is 43.9 Å². The molecular weight excluding hydrogens is 367 g/mol. The number of carbonyl (C=O) groups excluding carboxylic acids is 1. The zero-order valence-corrected chi connectivity index (χ0v) is 16.8. The van der Waals surface area contributed by atoms with E-state index in [1.54, 1.807) is 18.2 Å². The summed E-state index contributed by atoms with van der Waals surface area (Å²) >= 11 is 0. The Bertz CT molecular complexity index is 825. The van der Waals surface area contributed by atoms with E-state index in [1.165, 1.54) is 18.9 Å². The molecule has 0 atom stereocenters. The fourth-order valence-corrected chi connectivity index (χ4v) is 4.63. The number of nitrogens with one attached hydrogen (secondary N) is 1. The quantitative estimate of drug-likeness (QED) is 0.734. The van der Waals surface area contributed by atoms with E-state index in [2.05, 4.69) is 10.2 Å². The largest absolute Gasteiger partial charge is 0.492 e. The minimum Gasteiger partial charge on any atom is -0.492 e. The van der Waals surface area contributed by atoms with E-state index in [9.17, 15) is 9.18 Å². The Kier molecular flexibility index (Phi) is 6.14. The molecule has 0 spiro atoms. The summed E-state index contributed by atoms with van der Waals surface area (Å²) in [5.41, 5.74) is 0.442. The number of nitrogens with zero attached hydrogens (tertiary/aromatic N) is 1. The van der Waals surface area contributed by atoms with Gasteiger partial charge < -0.3 is 10.1 Å². The number of halogens is 1. The van der Waals surface area contributed by atoms with Crippen LogP contribution in [-0.4, -0.2) is 37.0 Å². The van der Waals surface area contributed by atoms with Crippen LogP contribution in [0.2, 0.25) is 0 Å². The Hall–Kier alpha value is -2.40. The number of hydrogen-bond acceptors (Lipinski definition) is 3. The molecule has 1 saturated carbocycles. The van der Waals surface area contributed by atoms with E-state index >= 15 is 0 Å². The summed E-state index contributed by atoms with van der Waals surface area (Å²) in [7, 11) is 0. The van der Waals surface area contributed by atoms with E-state index in [-0.39, 0.29) is 11.7 Å². The lowest BCUT2D eigenvalue weighted by atomic mass is 9.77. The SMILES string of the molecule is O=C(Nc1ccc(OCCN2CCCC2)cc1)C1(c2ccccc2F)CCCC1. The van der Waals surface area contributed by atoms with Crippen LogP contribution < -0.4 is 10.1 Å². The Morgan fingerprint density at radius 2 is 1.69 bits per heavy atom. The first-order valence-electron chi connectivity index (χ1n) is 10.7. The molecule has 0 bridgehead atoms. The monoisotopic (exact) mass is 396 g/mol. The van der Waals surface area contributed by atoms with Crippen molar-refractivity contribution in [2.75, 3.05) is 31.6 Å². The molecule has 1 amide bonds. The van der Waals surface area contributed by atoms with Crippen molar-refractivity contribution in [2.24, 2.45) is 0 Å². The molecule has 29 heavy (non-hydrogen) atoms. The first-order valence-corrected chi connectivity index (χ1v) is 10.7. The molecule has 1 N–H and O–H groups in total. The average Bonchev–Trinajstić information content (AvgIpc) is 3.42. The Morgan fingerprint density at radius 1 is 1.00 bits per heavy atom. The first kappa shape index (κ1) is 19.9. The van der Waals surface area contributed by atoms with Crippen molar-refractivity contribution in [3.05, 3.63) is 59.9 Å². The lowest BCUT2D eigenvalue weighted by Gasteiger charge is -2.28. The third-order valence-electron chi connectivity index (χ3n) is 6.27. The van der Waals surface area contributed by atoms with E-state index in [0.717, 1.165) is 38.2 Å². The lowest BCUT2D eigenvalue weighted by Crippen LogP contribution is -2.38. The molecule has 0 radical (unpaired) electrons. The Labute approximate surface area is 172 Å². The number of carbonyl (C=O) groups is 1. The van der Waals surface area contributed by atoms with Crippen molar-refractivity contribution in [1.29, 1.82) is 0 Å². The highest BCUT2D eigenvalue weighted by molar-refractivity contribution is 5.99. The van der Waals surface area contributed by atoms with Gasteiger partial charge in [-0.15, -0.1) is 0 Å². The van der Waals surface area contributed by atoms with Gasteiger partial charge in [0.05, 0.1) is 5.41 Å². The first-order chi connectivity index (χ1) is 14.2. The van der Waals surface area contributed by atoms with Crippen molar-refractivity contribution in [3.8, 4) is 5.75 Å². The zero-order chi connectivity index (χ0) is 20.1. The van der Waals surface area contributed by atoms with Crippen LogP contribution in [0, 0.1) is 5.82 Å². The second kappa shape index (κ2) is 8.95. The molecule has 0 unspecified atom stereocenters. The van der Waals surface area contributed by atoms with Crippen molar-refractivity contribution >= 4 is 11.6 Å². The van der Waals surface area contributed by atoms with Gasteiger partial charge in [0.1, 0.15) is 18.2 Å². The molecule has 1 saturated heterocycles. The van der Waals surface area contributed by atoms with E-state index in [1.807, 2.05) is 24.3 Å². The number of benzene rings is 2. The van der Waals surface area contributed by atoms with E-state index in [4.69, 9.17) is 4.74 Å². The molecule has 2 aromatic carbocycles. The molecule has 2 aromatic rings. The van der Waals surface area contributed by atoms with Gasteiger partial charge in [-0.2, -0.15) is 0 Å². The van der Waals surface area contributed by atoms with Gasteiger partial charge in [0, 0.05) is 17.8 Å². The van der Waals surface area contributed by atoms with E-state index in [0.29, 0.717) is 30.7 Å². The molecule has 0 aromatic heterocycles. The predicted octanol–water partition coefficient (Wildman–Crippen LogP) is 4.75. The highest BCUT2D eigenvalue weighted by atomic mass is 19.1. The standard InChI is InChI=1S/C24H29FN2O2/c25-22-8-2-1-7-21(22)24(13-3-4-14-24)23(28)26-19-9-11-20(12-10-19)29-18-17-27-15-5-6-16-27/h1-2,7-12H,3-6,13-18H2,(H,26,28). The number of hydrogen-bond donors (Lipinski definition) is 1. The number of ether oxygens (including phenoxy) is 1. The van der Waals surface area contributed by atoms with Gasteiger partial charge >= 0.3 is 0 Å². The summed E-state index contributed by atoms with van der Waals surface area (Å²) in [6.45, 7) is 3.95. The summed E-state index contributed by atoms with van der Waals surface area (Å²) in [5.74, 6) is 0.376. The highest BCUT2D eigenvalue weighted by Gasteiger charge is 2.44. The predicted molar refractivity (Wildman–Crippen MR) is 113 cm³/mol. The van der Waals surface area contributed by atoms with Crippen LogP contribution in [0.4, 0.5) is 10.1 Å². The van der Waals surface area contributed by atoms with Crippen molar-refractivity contribution in [3.63, 3.8) is 0 Å². The number of anilines is 1. The number of likely N-dealkylation sites (tertiary alicyclic amines) is 1. The molecule has 1 heterocycles. The fourth-order valence-electron chi connectivity index (χ4n) is 4.63. The Morgan fingerprint density at radius 3 is 2.38 bits per heavy atom. The molecule has 154 valence electrons. The molecule has 2 aliphatic rings. The Balaban J connectivity index is 1.38. The minimum atomic E-state index is -0.782.